The lowest BCUT2D eigenvalue weighted by molar-refractivity contribution is 0.105. The first kappa shape index (κ1) is 9.68. The Morgan fingerprint density at radius 2 is 2.43 bits per heavy atom. The Balaban J connectivity index is 2.16. The maximum absolute atomic E-state index is 5.93. The van der Waals surface area contributed by atoms with Crippen LogP contribution in [0.5, 0.6) is 0 Å². The first-order valence-corrected chi connectivity index (χ1v) is 5.09. The lowest BCUT2D eigenvalue weighted by atomic mass is 10.1. The molecule has 2 atom stereocenters. The van der Waals surface area contributed by atoms with E-state index in [1.807, 2.05) is 17.1 Å². The predicted octanol–water partition coefficient (Wildman–Crippen LogP) is 1.25. The molecule has 78 valence electrons. The summed E-state index contributed by atoms with van der Waals surface area (Å²) in [5.74, 6) is 0. The van der Waals surface area contributed by atoms with Crippen LogP contribution in [0.4, 0.5) is 0 Å². The molecule has 14 heavy (non-hydrogen) atoms. The van der Waals surface area contributed by atoms with Crippen LogP contribution in [0.2, 0.25) is 0 Å². The van der Waals surface area contributed by atoms with Crippen molar-refractivity contribution in [1.29, 1.82) is 0 Å². The Morgan fingerprint density at radius 3 is 2.93 bits per heavy atom. The number of hydrogen-bond donors (Lipinski definition) is 1. The minimum Gasteiger partial charge on any atom is -0.372 e. The van der Waals surface area contributed by atoms with Crippen molar-refractivity contribution in [3.8, 4) is 0 Å². The lowest BCUT2D eigenvalue weighted by Crippen LogP contribution is -2.23. The molecule has 2 heterocycles. The normalized spacial score (nSPS) is 27.4. The van der Waals surface area contributed by atoms with Gasteiger partial charge in [0, 0.05) is 30.5 Å². The molecule has 0 saturated carbocycles. The SMILES string of the molecule is CC(C)n1cc([C@@H]2OCC[C@H]2N)cn1. The van der Waals surface area contributed by atoms with E-state index in [2.05, 4.69) is 18.9 Å². The summed E-state index contributed by atoms with van der Waals surface area (Å²) in [5, 5.41) is 4.28. The molecule has 0 unspecified atom stereocenters. The second-order valence-electron chi connectivity index (χ2n) is 4.09. The molecule has 0 aromatic carbocycles. The summed E-state index contributed by atoms with van der Waals surface area (Å²) in [7, 11) is 0. The lowest BCUT2D eigenvalue weighted by Gasteiger charge is -2.11. The molecule has 1 aliphatic heterocycles. The number of ether oxygens (including phenoxy) is 1. The number of nitrogens with two attached hydrogens (primary N) is 1. The number of rotatable bonds is 2. The molecule has 2 N–H and O–H groups in total. The van der Waals surface area contributed by atoms with Crippen LogP contribution >= 0.6 is 0 Å². The van der Waals surface area contributed by atoms with Gasteiger partial charge in [-0.3, -0.25) is 4.68 Å². The van der Waals surface area contributed by atoms with Crippen molar-refractivity contribution in [2.45, 2.75) is 38.5 Å². The monoisotopic (exact) mass is 195 g/mol. The van der Waals surface area contributed by atoms with Crippen LogP contribution in [-0.2, 0) is 4.74 Å². The zero-order valence-corrected chi connectivity index (χ0v) is 8.68. The largest absolute Gasteiger partial charge is 0.372 e. The van der Waals surface area contributed by atoms with E-state index < -0.39 is 0 Å². The fraction of sp³-hybridized carbons (Fsp3) is 0.700. The third kappa shape index (κ3) is 1.67. The van der Waals surface area contributed by atoms with Crippen molar-refractivity contribution in [2.24, 2.45) is 5.73 Å². The van der Waals surface area contributed by atoms with Gasteiger partial charge in [-0.1, -0.05) is 0 Å². The minimum atomic E-state index is 0.0440. The van der Waals surface area contributed by atoms with Gasteiger partial charge in [0.15, 0.2) is 0 Å². The average molecular weight is 195 g/mol. The molecule has 1 aromatic rings. The van der Waals surface area contributed by atoms with Gasteiger partial charge in [-0.15, -0.1) is 0 Å². The third-order valence-corrected chi connectivity index (χ3v) is 2.62. The van der Waals surface area contributed by atoms with Crippen LogP contribution in [-0.4, -0.2) is 22.4 Å². The number of aromatic nitrogens is 2. The highest BCUT2D eigenvalue weighted by Gasteiger charge is 2.27. The standard InChI is InChI=1S/C10H17N3O/c1-7(2)13-6-8(5-12-13)10-9(11)3-4-14-10/h5-7,9-10H,3-4,11H2,1-2H3/t9-,10+/m1/s1. The maximum atomic E-state index is 5.93. The first-order chi connectivity index (χ1) is 6.68. The van der Waals surface area contributed by atoms with Crippen molar-refractivity contribution < 1.29 is 4.74 Å². The van der Waals surface area contributed by atoms with E-state index in [-0.39, 0.29) is 12.1 Å². The summed E-state index contributed by atoms with van der Waals surface area (Å²) < 4.78 is 7.50. The molecule has 0 amide bonds. The summed E-state index contributed by atoms with van der Waals surface area (Å²) in [6, 6.07) is 0.515. The Labute approximate surface area is 84.0 Å². The van der Waals surface area contributed by atoms with Crippen molar-refractivity contribution in [3.05, 3.63) is 18.0 Å². The van der Waals surface area contributed by atoms with Gasteiger partial charge < -0.3 is 10.5 Å². The van der Waals surface area contributed by atoms with Crippen LogP contribution < -0.4 is 5.73 Å². The summed E-state index contributed by atoms with van der Waals surface area (Å²) in [4.78, 5) is 0. The van der Waals surface area contributed by atoms with Gasteiger partial charge >= 0.3 is 0 Å². The number of nitrogens with zero attached hydrogens (tertiary/aromatic N) is 2. The van der Waals surface area contributed by atoms with Crippen molar-refractivity contribution in [3.63, 3.8) is 0 Å². The quantitative estimate of drug-likeness (QED) is 0.772. The Bertz CT molecular complexity index is 308. The van der Waals surface area contributed by atoms with Gasteiger partial charge in [-0.2, -0.15) is 5.10 Å². The molecule has 0 bridgehead atoms. The molecule has 1 aromatic heterocycles. The van der Waals surface area contributed by atoms with Crippen molar-refractivity contribution in [2.75, 3.05) is 6.61 Å². The first-order valence-electron chi connectivity index (χ1n) is 5.09. The van der Waals surface area contributed by atoms with Gasteiger partial charge in [0.25, 0.3) is 0 Å². The van der Waals surface area contributed by atoms with Gasteiger partial charge in [0.1, 0.15) is 6.10 Å². The second kappa shape index (κ2) is 3.71. The minimum absolute atomic E-state index is 0.0440. The predicted molar refractivity (Wildman–Crippen MR) is 53.9 cm³/mol. The molecule has 1 aliphatic rings. The van der Waals surface area contributed by atoms with Crippen molar-refractivity contribution in [1.82, 2.24) is 9.78 Å². The second-order valence-corrected chi connectivity index (χ2v) is 4.09. The molecule has 0 radical (unpaired) electrons. The number of hydrogen-bond acceptors (Lipinski definition) is 3. The molecule has 0 aliphatic carbocycles. The van der Waals surface area contributed by atoms with E-state index in [1.54, 1.807) is 0 Å². The highest BCUT2D eigenvalue weighted by Crippen LogP contribution is 2.27. The molecule has 1 fully saturated rings. The van der Waals surface area contributed by atoms with Crippen molar-refractivity contribution >= 4 is 0 Å². The third-order valence-electron chi connectivity index (χ3n) is 2.62. The molecule has 0 spiro atoms. The smallest absolute Gasteiger partial charge is 0.101 e. The summed E-state index contributed by atoms with van der Waals surface area (Å²) in [5.41, 5.74) is 7.03. The fourth-order valence-corrected chi connectivity index (χ4v) is 1.73. The average Bonchev–Trinajstić information content (AvgIpc) is 2.71. The molecular weight excluding hydrogens is 178 g/mol. The van der Waals surface area contributed by atoms with E-state index in [0.717, 1.165) is 18.6 Å². The zero-order chi connectivity index (χ0) is 10.1. The van der Waals surface area contributed by atoms with Crippen LogP contribution in [0.15, 0.2) is 12.4 Å². The molecule has 4 nitrogen and oxygen atoms in total. The Kier molecular flexibility index (Phi) is 2.56. The maximum Gasteiger partial charge on any atom is 0.101 e. The molecule has 4 heteroatoms. The van der Waals surface area contributed by atoms with E-state index in [9.17, 15) is 0 Å². The highest BCUT2D eigenvalue weighted by atomic mass is 16.5. The van der Waals surface area contributed by atoms with Crippen LogP contribution in [0, 0.1) is 0 Å². The summed E-state index contributed by atoms with van der Waals surface area (Å²) in [6.07, 6.45) is 4.87. The van der Waals surface area contributed by atoms with E-state index >= 15 is 0 Å². The van der Waals surface area contributed by atoms with E-state index in [4.69, 9.17) is 10.5 Å². The van der Waals surface area contributed by atoms with Crippen LogP contribution in [0.3, 0.4) is 0 Å². The van der Waals surface area contributed by atoms with E-state index in [1.165, 1.54) is 0 Å². The van der Waals surface area contributed by atoms with Crippen LogP contribution in [0.25, 0.3) is 0 Å². The fourth-order valence-electron chi connectivity index (χ4n) is 1.73. The molecular formula is C10H17N3O. The highest BCUT2D eigenvalue weighted by molar-refractivity contribution is 5.12. The van der Waals surface area contributed by atoms with E-state index in [0.29, 0.717) is 6.04 Å². The van der Waals surface area contributed by atoms with Gasteiger partial charge in [-0.25, -0.2) is 0 Å². The molecule has 2 rings (SSSR count). The van der Waals surface area contributed by atoms with Gasteiger partial charge in [0.05, 0.1) is 6.20 Å². The van der Waals surface area contributed by atoms with Gasteiger partial charge in [-0.05, 0) is 20.3 Å². The Morgan fingerprint density at radius 1 is 1.64 bits per heavy atom. The molecule has 1 saturated heterocycles. The Hall–Kier alpha value is -0.870. The van der Waals surface area contributed by atoms with Crippen LogP contribution in [0.1, 0.15) is 38.0 Å². The summed E-state index contributed by atoms with van der Waals surface area (Å²) >= 11 is 0. The topological polar surface area (TPSA) is 53.1 Å². The summed E-state index contributed by atoms with van der Waals surface area (Å²) in [6.45, 7) is 4.97. The van der Waals surface area contributed by atoms with Gasteiger partial charge in [0.2, 0.25) is 0 Å². The zero-order valence-electron chi connectivity index (χ0n) is 8.68.